The monoisotopic (exact) mass is 298 g/mol. The topological polar surface area (TPSA) is 78.4 Å². The summed E-state index contributed by atoms with van der Waals surface area (Å²) in [6, 6.07) is 4.00. The summed E-state index contributed by atoms with van der Waals surface area (Å²) in [5.74, 6) is -0.771. The van der Waals surface area contributed by atoms with Crippen molar-refractivity contribution >= 4 is 29.3 Å². The predicted molar refractivity (Wildman–Crippen MR) is 79.5 cm³/mol. The van der Waals surface area contributed by atoms with E-state index in [4.69, 9.17) is 16.7 Å². The number of hydrogen-bond donors (Lipinski definition) is 3. The number of carbonyl (C=O) groups is 2. The Balaban J connectivity index is 2.71. The van der Waals surface area contributed by atoms with Gasteiger partial charge < -0.3 is 15.7 Å². The highest BCUT2D eigenvalue weighted by atomic mass is 35.5. The van der Waals surface area contributed by atoms with Gasteiger partial charge in [0.15, 0.2) is 0 Å². The first kappa shape index (κ1) is 16.3. The van der Waals surface area contributed by atoms with Gasteiger partial charge >= 0.3 is 12.0 Å². The van der Waals surface area contributed by atoms with Gasteiger partial charge in [0.1, 0.15) is 0 Å². The number of urea groups is 1. The Hall–Kier alpha value is -1.75. The molecule has 110 valence electrons. The van der Waals surface area contributed by atoms with Crippen molar-refractivity contribution < 1.29 is 14.7 Å². The average Bonchev–Trinajstić information content (AvgIpc) is 2.39. The first-order chi connectivity index (χ1) is 9.35. The summed E-state index contributed by atoms with van der Waals surface area (Å²) in [6.45, 7) is 6.03. The third-order valence-electron chi connectivity index (χ3n) is 3.31. The largest absolute Gasteiger partial charge is 0.478 e. The van der Waals surface area contributed by atoms with E-state index in [1.54, 1.807) is 6.07 Å². The smallest absolute Gasteiger partial charge is 0.337 e. The minimum Gasteiger partial charge on any atom is -0.478 e. The van der Waals surface area contributed by atoms with Crippen LogP contribution < -0.4 is 10.6 Å². The van der Waals surface area contributed by atoms with Crippen LogP contribution in [-0.4, -0.2) is 23.1 Å². The van der Waals surface area contributed by atoms with Crippen LogP contribution in [0.2, 0.25) is 5.02 Å². The van der Waals surface area contributed by atoms with Crippen molar-refractivity contribution in [3.63, 3.8) is 0 Å². The SMILES string of the molecule is CCC(C)C(C)NC(=O)Nc1ccc(Cl)c(C(=O)O)c1. The van der Waals surface area contributed by atoms with Gasteiger partial charge in [0.2, 0.25) is 0 Å². The molecule has 3 N–H and O–H groups in total. The second-order valence-electron chi connectivity index (χ2n) is 4.77. The Morgan fingerprint density at radius 1 is 1.35 bits per heavy atom. The second-order valence-corrected chi connectivity index (χ2v) is 5.18. The molecule has 0 aliphatic rings. The first-order valence-corrected chi connectivity index (χ1v) is 6.83. The van der Waals surface area contributed by atoms with Crippen LogP contribution in [0.3, 0.4) is 0 Å². The number of carbonyl (C=O) groups excluding carboxylic acids is 1. The average molecular weight is 299 g/mol. The molecule has 0 saturated heterocycles. The van der Waals surface area contributed by atoms with Crippen molar-refractivity contribution in [1.29, 1.82) is 0 Å². The molecule has 20 heavy (non-hydrogen) atoms. The molecule has 0 aliphatic heterocycles. The van der Waals surface area contributed by atoms with E-state index in [0.717, 1.165) is 6.42 Å². The quantitative estimate of drug-likeness (QED) is 0.777. The highest BCUT2D eigenvalue weighted by Crippen LogP contribution is 2.20. The van der Waals surface area contributed by atoms with Gasteiger partial charge in [-0.15, -0.1) is 0 Å². The van der Waals surface area contributed by atoms with E-state index >= 15 is 0 Å². The number of hydrogen-bond acceptors (Lipinski definition) is 2. The lowest BCUT2D eigenvalue weighted by Crippen LogP contribution is -2.39. The van der Waals surface area contributed by atoms with E-state index in [9.17, 15) is 9.59 Å². The maximum absolute atomic E-state index is 11.8. The highest BCUT2D eigenvalue weighted by Gasteiger charge is 2.14. The number of anilines is 1. The fourth-order valence-corrected chi connectivity index (χ4v) is 1.84. The van der Waals surface area contributed by atoms with Crippen molar-refractivity contribution in [3.05, 3.63) is 28.8 Å². The van der Waals surface area contributed by atoms with Crippen molar-refractivity contribution in [1.82, 2.24) is 5.32 Å². The fourth-order valence-electron chi connectivity index (χ4n) is 1.64. The van der Waals surface area contributed by atoms with Crippen molar-refractivity contribution in [2.45, 2.75) is 33.2 Å². The normalized spacial score (nSPS) is 13.4. The van der Waals surface area contributed by atoms with Crippen LogP contribution in [0.5, 0.6) is 0 Å². The molecule has 0 aromatic heterocycles. The van der Waals surface area contributed by atoms with Crippen LogP contribution >= 0.6 is 11.6 Å². The Morgan fingerprint density at radius 2 is 2.00 bits per heavy atom. The van der Waals surface area contributed by atoms with Gasteiger partial charge in [-0.3, -0.25) is 0 Å². The minimum atomic E-state index is -1.13. The molecule has 5 nitrogen and oxygen atoms in total. The third-order valence-corrected chi connectivity index (χ3v) is 3.64. The van der Waals surface area contributed by atoms with E-state index in [0.29, 0.717) is 11.6 Å². The number of aromatic carboxylic acids is 1. The van der Waals surface area contributed by atoms with E-state index < -0.39 is 5.97 Å². The molecule has 0 bridgehead atoms. The Morgan fingerprint density at radius 3 is 2.55 bits per heavy atom. The molecule has 1 aromatic carbocycles. The van der Waals surface area contributed by atoms with Crippen LogP contribution in [0.15, 0.2) is 18.2 Å². The lowest BCUT2D eigenvalue weighted by Gasteiger charge is -2.20. The van der Waals surface area contributed by atoms with Crippen molar-refractivity contribution in [2.24, 2.45) is 5.92 Å². The van der Waals surface area contributed by atoms with E-state index in [1.807, 2.05) is 6.92 Å². The maximum Gasteiger partial charge on any atom is 0.337 e. The Bertz CT molecular complexity index is 505. The molecule has 0 aliphatic carbocycles. The molecule has 2 atom stereocenters. The van der Waals surface area contributed by atoms with Gasteiger partial charge in [-0.25, -0.2) is 9.59 Å². The molecule has 0 heterocycles. The Kier molecular flexibility index (Phi) is 5.82. The summed E-state index contributed by atoms with van der Waals surface area (Å²) in [4.78, 5) is 22.8. The van der Waals surface area contributed by atoms with Gasteiger partial charge in [0.05, 0.1) is 10.6 Å². The maximum atomic E-state index is 11.8. The number of amides is 2. The molecule has 0 saturated carbocycles. The molecule has 0 fully saturated rings. The van der Waals surface area contributed by atoms with Gasteiger partial charge in [0.25, 0.3) is 0 Å². The van der Waals surface area contributed by atoms with Crippen LogP contribution in [-0.2, 0) is 0 Å². The lowest BCUT2D eigenvalue weighted by atomic mass is 10.0. The number of nitrogens with one attached hydrogen (secondary N) is 2. The molecule has 1 aromatic rings. The number of halogens is 1. The molecule has 0 spiro atoms. The van der Waals surface area contributed by atoms with Crippen LogP contribution in [0.4, 0.5) is 10.5 Å². The van der Waals surface area contributed by atoms with E-state index in [-0.39, 0.29) is 22.7 Å². The number of rotatable bonds is 5. The number of carboxylic acid groups (broad SMARTS) is 1. The number of benzene rings is 1. The summed E-state index contributed by atoms with van der Waals surface area (Å²) in [5, 5.41) is 14.5. The predicted octanol–water partition coefficient (Wildman–Crippen LogP) is 3.59. The standard InChI is InChI=1S/C14H19ClN2O3/c1-4-8(2)9(3)16-14(20)17-10-5-6-12(15)11(7-10)13(18)19/h5-9H,4H2,1-3H3,(H,18,19)(H2,16,17,20). The Labute approximate surface area is 123 Å². The first-order valence-electron chi connectivity index (χ1n) is 6.45. The van der Waals surface area contributed by atoms with E-state index in [2.05, 4.69) is 24.5 Å². The van der Waals surface area contributed by atoms with Crippen LogP contribution in [0.25, 0.3) is 0 Å². The fraction of sp³-hybridized carbons (Fsp3) is 0.429. The molecule has 0 radical (unpaired) electrons. The molecule has 2 amide bonds. The zero-order chi connectivity index (χ0) is 15.3. The summed E-state index contributed by atoms with van der Waals surface area (Å²) in [7, 11) is 0. The van der Waals surface area contributed by atoms with Crippen molar-refractivity contribution in [3.8, 4) is 0 Å². The highest BCUT2D eigenvalue weighted by molar-refractivity contribution is 6.33. The zero-order valence-electron chi connectivity index (χ0n) is 11.7. The van der Waals surface area contributed by atoms with Crippen molar-refractivity contribution in [2.75, 3.05) is 5.32 Å². The summed E-state index contributed by atoms with van der Waals surface area (Å²) in [6.07, 6.45) is 0.964. The summed E-state index contributed by atoms with van der Waals surface area (Å²) >= 11 is 5.76. The van der Waals surface area contributed by atoms with Gasteiger partial charge in [0, 0.05) is 11.7 Å². The lowest BCUT2D eigenvalue weighted by molar-refractivity contribution is 0.0697. The van der Waals surface area contributed by atoms with Gasteiger partial charge in [-0.2, -0.15) is 0 Å². The zero-order valence-corrected chi connectivity index (χ0v) is 12.5. The second kappa shape index (κ2) is 7.14. The van der Waals surface area contributed by atoms with Crippen LogP contribution in [0.1, 0.15) is 37.6 Å². The third kappa shape index (κ3) is 4.42. The molecule has 6 heteroatoms. The number of carboxylic acids is 1. The molecule has 1 rings (SSSR count). The molecular weight excluding hydrogens is 280 g/mol. The van der Waals surface area contributed by atoms with E-state index in [1.165, 1.54) is 12.1 Å². The molecule has 2 unspecified atom stereocenters. The summed E-state index contributed by atoms with van der Waals surface area (Å²) < 4.78 is 0. The van der Waals surface area contributed by atoms with Gasteiger partial charge in [-0.1, -0.05) is 31.9 Å². The summed E-state index contributed by atoms with van der Waals surface area (Å²) in [5.41, 5.74) is 0.347. The minimum absolute atomic E-state index is 0.0336. The molecular formula is C14H19ClN2O3. The van der Waals surface area contributed by atoms with Crippen LogP contribution in [0, 0.1) is 5.92 Å². The van der Waals surface area contributed by atoms with Gasteiger partial charge in [-0.05, 0) is 31.0 Å².